The Hall–Kier alpha value is -3.35. The number of benzene rings is 1. The minimum absolute atomic E-state index is 0.108. The summed E-state index contributed by atoms with van der Waals surface area (Å²) >= 11 is 0. The van der Waals surface area contributed by atoms with E-state index in [0.717, 1.165) is 17.7 Å². The average molecular weight is 351 g/mol. The molecule has 26 heavy (non-hydrogen) atoms. The molecule has 0 unspecified atom stereocenters. The van der Waals surface area contributed by atoms with Gasteiger partial charge >= 0.3 is 0 Å². The van der Waals surface area contributed by atoms with Gasteiger partial charge in [0.15, 0.2) is 11.5 Å². The van der Waals surface area contributed by atoms with Crippen LogP contribution in [0, 0.1) is 6.92 Å². The van der Waals surface area contributed by atoms with Gasteiger partial charge in [0.2, 0.25) is 11.7 Å². The first-order valence-electron chi connectivity index (χ1n) is 8.35. The Balaban J connectivity index is 1.54. The summed E-state index contributed by atoms with van der Waals surface area (Å²) in [5, 5.41) is 6.58. The molecule has 2 aromatic heterocycles. The van der Waals surface area contributed by atoms with Crippen LogP contribution in [0.4, 0.5) is 11.4 Å². The number of rotatable bonds is 4. The zero-order chi connectivity index (χ0) is 18.1. The molecule has 1 N–H and O–H groups in total. The molecule has 3 heterocycles. The van der Waals surface area contributed by atoms with Crippen LogP contribution in [0.15, 0.2) is 51.6 Å². The number of hydrogen-bond donors (Lipinski definition) is 1. The molecule has 0 bridgehead atoms. The van der Waals surface area contributed by atoms with E-state index in [1.165, 1.54) is 12.3 Å². The van der Waals surface area contributed by atoms with Gasteiger partial charge in [0.1, 0.15) is 0 Å². The topological polar surface area (TPSA) is 88.6 Å². The molecule has 1 aliphatic rings. The van der Waals surface area contributed by atoms with Crippen molar-refractivity contribution in [2.75, 3.05) is 16.8 Å². The van der Waals surface area contributed by atoms with Crippen LogP contribution in [0.2, 0.25) is 0 Å². The van der Waals surface area contributed by atoms with Crippen molar-refractivity contribution in [3.8, 4) is 11.5 Å². The standard InChI is InChI=1S/C19H17N3O4/c1-12-6-7-13(10-15(12)22-8-2-5-18(22)23)20-19(24)14-11-17(26-21-14)16-4-3-9-25-16/h3-4,6-7,9-11H,2,5,8H2,1H3,(H,20,24). The predicted octanol–water partition coefficient (Wildman–Crippen LogP) is 3.62. The van der Waals surface area contributed by atoms with E-state index < -0.39 is 5.91 Å². The van der Waals surface area contributed by atoms with Gasteiger partial charge in [-0.1, -0.05) is 11.2 Å². The number of anilines is 2. The molecule has 4 rings (SSSR count). The summed E-state index contributed by atoms with van der Waals surface area (Å²) in [5.41, 5.74) is 2.55. The normalized spacial score (nSPS) is 14.0. The number of amides is 2. The lowest BCUT2D eigenvalue weighted by Gasteiger charge is -2.19. The highest BCUT2D eigenvalue weighted by molar-refractivity contribution is 6.04. The number of nitrogens with zero attached hydrogens (tertiary/aromatic N) is 2. The van der Waals surface area contributed by atoms with Crippen molar-refractivity contribution in [3.63, 3.8) is 0 Å². The van der Waals surface area contributed by atoms with Crippen LogP contribution in [0.1, 0.15) is 28.9 Å². The summed E-state index contributed by atoms with van der Waals surface area (Å²) in [6.45, 7) is 2.65. The number of hydrogen-bond acceptors (Lipinski definition) is 5. The molecular weight excluding hydrogens is 334 g/mol. The number of aromatic nitrogens is 1. The number of carbonyl (C=O) groups is 2. The molecule has 1 saturated heterocycles. The molecule has 0 radical (unpaired) electrons. The molecule has 1 fully saturated rings. The van der Waals surface area contributed by atoms with Gasteiger partial charge in [0.05, 0.1) is 6.26 Å². The van der Waals surface area contributed by atoms with Crippen molar-refractivity contribution in [3.05, 3.63) is 53.9 Å². The van der Waals surface area contributed by atoms with Gasteiger partial charge in [-0.2, -0.15) is 0 Å². The highest BCUT2D eigenvalue weighted by Gasteiger charge is 2.23. The van der Waals surface area contributed by atoms with Gasteiger partial charge in [-0.25, -0.2) is 0 Å². The van der Waals surface area contributed by atoms with E-state index in [9.17, 15) is 9.59 Å². The monoisotopic (exact) mass is 351 g/mol. The minimum atomic E-state index is -0.394. The number of furan rings is 1. The molecule has 1 aliphatic heterocycles. The van der Waals surface area contributed by atoms with Gasteiger partial charge in [-0.3, -0.25) is 9.59 Å². The second-order valence-electron chi connectivity index (χ2n) is 6.16. The lowest BCUT2D eigenvalue weighted by Crippen LogP contribution is -2.24. The quantitative estimate of drug-likeness (QED) is 0.775. The minimum Gasteiger partial charge on any atom is -0.461 e. The zero-order valence-corrected chi connectivity index (χ0v) is 14.2. The Bertz CT molecular complexity index is 959. The van der Waals surface area contributed by atoms with Gasteiger partial charge in [-0.05, 0) is 43.2 Å². The van der Waals surface area contributed by atoms with Crippen LogP contribution >= 0.6 is 0 Å². The lowest BCUT2D eigenvalue weighted by atomic mass is 10.1. The Morgan fingerprint density at radius 3 is 2.85 bits per heavy atom. The van der Waals surface area contributed by atoms with Crippen LogP contribution in [-0.2, 0) is 4.79 Å². The van der Waals surface area contributed by atoms with Gasteiger partial charge in [0, 0.05) is 30.4 Å². The Morgan fingerprint density at radius 2 is 2.12 bits per heavy atom. The maximum Gasteiger partial charge on any atom is 0.277 e. The van der Waals surface area contributed by atoms with E-state index in [1.54, 1.807) is 23.1 Å². The third-order valence-electron chi connectivity index (χ3n) is 4.34. The van der Waals surface area contributed by atoms with E-state index >= 15 is 0 Å². The second kappa shape index (κ2) is 6.51. The summed E-state index contributed by atoms with van der Waals surface area (Å²) in [4.78, 5) is 26.2. The third-order valence-corrected chi connectivity index (χ3v) is 4.34. The fourth-order valence-corrected chi connectivity index (χ4v) is 2.99. The van der Waals surface area contributed by atoms with Gasteiger partial charge in [0.25, 0.3) is 5.91 Å². The van der Waals surface area contributed by atoms with Crippen molar-refractivity contribution in [2.45, 2.75) is 19.8 Å². The molecular formula is C19H17N3O4. The summed E-state index contributed by atoms with van der Waals surface area (Å²) in [6, 6.07) is 10.5. The molecule has 0 atom stereocenters. The molecule has 0 spiro atoms. The van der Waals surface area contributed by atoms with Gasteiger partial charge < -0.3 is 19.2 Å². The molecule has 2 amide bonds. The van der Waals surface area contributed by atoms with Crippen molar-refractivity contribution < 1.29 is 18.5 Å². The van der Waals surface area contributed by atoms with E-state index in [1.807, 2.05) is 19.1 Å². The Morgan fingerprint density at radius 1 is 1.23 bits per heavy atom. The van der Waals surface area contributed by atoms with E-state index in [0.29, 0.717) is 30.2 Å². The summed E-state index contributed by atoms with van der Waals surface area (Å²) in [6.07, 6.45) is 2.93. The maximum atomic E-state index is 12.4. The Kier molecular flexibility index (Phi) is 4.04. The van der Waals surface area contributed by atoms with Crippen LogP contribution in [0.25, 0.3) is 11.5 Å². The largest absolute Gasteiger partial charge is 0.461 e. The van der Waals surface area contributed by atoms with Crippen molar-refractivity contribution >= 4 is 23.2 Å². The molecule has 0 saturated carbocycles. The first kappa shape index (κ1) is 16.1. The summed E-state index contributed by atoms with van der Waals surface area (Å²) in [5.74, 6) is 0.597. The van der Waals surface area contributed by atoms with E-state index in [4.69, 9.17) is 8.94 Å². The van der Waals surface area contributed by atoms with Gasteiger partial charge in [-0.15, -0.1) is 0 Å². The molecule has 1 aromatic carbocycles. The molecule has 0 aliphatic carbocycles. The van der Waals surface area contributed by atoms with Crippen molar-refractivity contribution in [1.82, 2.24) is 5.16 Å². The number of carbonyl (C=O) groups excluding carboxylic acids is 2. The zero-order valence-electron chi connectivity index (χ0n) is 14.2. The predicted molar refractivity (Wildman–Crippen MR) is 94.9 cm³/mol. The SMILES string of the molecule is Cc1ccc(NC(=O)c2cc(-c3ccco3)on2)cc1N1CCCC1=O. The summed E-state index contributed by atoms with van der Waals surface area (Å²) in [7, 11) is 0. The lowest BCUT2D eigenvalue weighted by molar-refractivity contribution is -0.117. The molecule has 7 heteroatoms. The maximum absolute atomic E-state index is 12.4. The smallest absolute Gasteiger partial charge is 0.277 e. The van der Waals surface area contributed by atoms with Crippen LogP contribution in [-0.4, -0.2) is 23.5 Å². The number of nitrogens with one attached hydrogen (secondary N) is 1. The first-order chi connectivity index (χ1) is 12.6. The average Bonchev–Trinajstić information content (AvgIpc) is 3.37. The van der Waals surface area contributed by atoms with Crippen molar-refractivity contribution in [2.24, 2.45) is 0 Å². The fourth-order valence-electron chi connectivity index (χ4n) is 2.99. The van der Waals surface area contributed by atoms with Crippen LogP contribution < -0.4 is 10.2 Å². The molecule has 3 aromatic rings. The second-order valence-corrected chi connectivity index (χ2v) is 6.16. The fraction of sp³-hybridized carbons (Fsp3) is 0.211. The van der Waals surface area contributed by atoms with Crippen molar-refractivity contribution in [1.29, 1.82) is 0 Å². The number of aryl methyl sites for hydroxylation is 1. The highest BCUT2D eigenvalue weighted by Crippen LogP contribution is 2.28. The molecule has 7 nitrogen and oxygen atoms in total. The third kappa shape index (κ3) is 2.99. The Labute approximate surface area is 149 Å². The van der Waals surface area contributed by atoms with Crippen LogP contribution in [0.3, 0.4) is 0 Å². The first-order valence-corrected chi connectivity index (χ1v) is 8.35. The van der Waals surface area contributed by atoms with E-state index in [2.05, 4.69) is 10.5 Å². The molecule has 132 valence electrons. The van der Waals surface area contributed by atoms with Crippen LogP contribution in [0.5, 0.6) is 0 Å². The summed E-state index contributed by atoms with van der Waals surface area (Å²) < 4.78 is 10.4. The highest BCUT2D eigenvalue weighted by atomic mass is 16.5. The van der Waals surface area contributed by atoms with E-state index in [-0.39, 0.29) is 11.6 Å².